The van der Waals surface area contributed by atoms with E-state index in [1.807, 2.05) is 12.1 Å². The van der Waals surface area contributed by atoms with Gasteiger partial charge in [-0.15, -0.1) is 0 Å². The third-order valence-corrected chi connectivity index (χ3v) is 3.37. The van der Waals surface area contributed by atoms with Crippen LogP contribution in [0.3, 0.4) is 0 Å². The molecule has 1 aliphatic rings. The van der Waals surface area contributed by atoms with Crippen LogP contribution in [0.5, 0.6) is 0 Å². The summed E-state index contributed by atoms with van der Waals surface area (Å²) >= 11 is 0. The Bertz CT molecular complexity index is 262. The molecule has 1 aromatic carbocycles. The zero-order valence-electron chi connectivity index (χ0n) is 8.75. The van der Waals surface area contributed by atoms with Crippen molar-refractivity contribution in [2.24, 2.45) is 0 Å². The molecule has 0 spiro atoms. The minimum atomic E-state index is 0. The van der Waals surface area contributed by atoms with Gasteiger partial charge in [-0.2, -0.15) is 35.9 Å². The fraction of sp³-hybridized carbons (Fsp3) is 0.538. The largest absolute Gasteiger partial charge is 0.184 e. The smallest absolute Gasteiger partial charge is 0 e. The van der Waals surface area contributed by atoms with Crippen LogP contribution in [0.1, 0.15) is 44.6 Å². The number of rotatable bonds is 3. The maximum absolute atomic E-state index is 3.10. The standard InChI is InChI=1S/C13H17.W/c1-2-9-13(10-6-11-13)12-7-4-3-5-8-12;/h4-5,7-8H,2,6,9-11H2,1H3;/q-1;. The van der Waals surface area contributed by atoms with Crippen LogP contribution in [-0.4, -0.2) is 0 Å². The number of hydrogen-bond donors (Lipinski definition) is 0. The zero-order chi connectivity index (χ0) is 9.15. The Morgan fingerprint density at radius 3 is 2.36 bits per heavy atom. The van der Waals surface area contributed by atoms with E-state index >= 15 is 0 Å². The molecule has 0 heterocycles. The molecule has 0 aliphatic heterocycles. The van der Waals surface area contributed by atoms with Crippen LogP contribution in [0.4, 0.5) is 0 Å². The van der Waals surface area contributed by atoms with Crippen molar-refractivity contribution < 1.29 is 21.1 Å². The average molecular weight is 357 g/mol. The van der Waals surface area contributed by atoms with Crippen molar-refractivity contribution in [1.29, 1.82) is 0 Å². The van der Waals surface area contributed by atoms with Crippen molar-refractivity contribution in [3.05, 3.63) is 35.9 Å². The molecule has 0 aromatic heterocycles. The first-order valence-corrected chi connectivity index (χ1v) is 5.34. The minimum absolute atomic E-state index is 0. The van der Waals surface area contributed by atoms with Crippen LogP contribution < -0.4 is 0 Å². The molecular formula is C13H17W-. The Labute approximate surface area is 101 Å². The molecule has 0 amide bonds. The predicted octanol–water partition coefficient (Wildman–Crippen LogP) is 3.71. The maximum atomic E-state index is 3.10. The van der Waals surface area contributed by atoms with E-state index in [4.69, 9.17) is 0 Å². The van der Waals surface area contributed by atoms with Crippen molar-refractivity contribution in [1.82, 2.24) is 0 Å². The molecule has 0 N–H and O–H groups in total. The molecule has 0 atom stereocenters. The van der Waals surface area contributed by atoms with Crippen LogP contribution >= 0.6 is 0 Å². The molecule has 0 nitrogen and oxygen atoms in total. The second-order valence-electron chi connectivity index (χ2n) is 4.17. The van der Waals surface area contributed by atoms with Gasteiger partial charge in [0.1, 0.15) is 0 Å². The van der Waals surface area contributed by atoms with E-state index in [2.05, 4.69) is 25.1 Å². The summed E-state index contributed by atoms with van der Waals surface area (Å²) in [5.74, 6) is 0. The van der Waals surface area contributed by atoms with Gasteiger partial charge >= 0.3 is 0 Å². The van der Waals surface area contributed by atoms with Gasteiger partial charge in [0.15, 0.2) is 0 Å². The van der Waals surface area contributed by atoms with Gasteiger partial charge in [-0.3, -0.25) is 0 Å². The topological polar surface area (TPSA) is 0 Å². The number of benzene rings is 1. The molecule has 1 saturated carbocycles. The summed E-state index contributed by atoms with van der Waals surface area (Å²) in [5.41, 5.74) is 2.09. The third kappa shape index (κ3) is 2.11. The summed E-state index contributed by atoms with van der Waals surface area (Å²) in [6.07, 6.45) is 6.87. The molecule has 76 valence electrons. The fourth-order valence-electron chi connectivity index (χ4n) is 2.51. The van der Waals surface area contributed by atoms with Gasteiger partial charge in [0.05, 0.1) is 0 Å². The molecule has 14 heavy (non-hydrogen) atoms. The molecule has 1 aliphatic carbocycles. The summed E-state index contributed by atoms with van der Waals surface area (Å²) in [7, 11) is 0. The quantitative estimate of drug-likeness (QED) is 0.724. The summed E-state index contributed by atoms with van der Waals surface area (Å²) in [6.45, 7) is 2.29. The van der Waals surface area contributed by atoms with Gasteiger partial charge in [0, 0.05) is 21.1 Å². The summed E-state index contributed by atoms with van der Waals surface area (Å²) in [5, 5.41) is 0. The van der Waals surface area contributed by atoms with Crippen LogP contribution in [-0.2, 0) is 26.5 Å². The van der Waals surface area contributed by atoms with E-state index in [0.29, 0.717) is 5.41 Å². The van der Waals surface area contributed by atoms with Gasteiger partial charge in [0.2, 0.25) is 0 Å². The molecule has 0 bridgehead atoms. The molecule has 0 saturated heterocycles. The third-order valence-electron chi connectivity index (χ3n) is 3.37. The van der Waals surface area contributed by atoms with E-state index in [1.54, 1.807) is 5.56 Å². The fourth-order valence-corrected chi connectivity index (χ4v) is 2.51. The van der Waals surface area contributed by atoms with E-state index < -0.39 is 0 Å². The van der Waals surface area contributed by atoms with Gasteiger partial charge in [-0.1, -0.05) is 19.8 Å². The Morgan fingerprint density at radius 1 is 1.29 bits per heavy atom. The first-order valence-electron chi connectivity index (χ1n) is 5.34. The van der Waals surface area contributed by atoms with Gasteiger partial charge in [0.25, 0.3) is 0 Å². The SMILES string of the molecule is CCCC1(c2cc[c-]cc2)CCC1.[W]. The molecule has 0 unspecified atom stereocenters. The van der Waals surface area contributed by atoms with E-state index in [-0.39, 0.29) is 21.1 Å². The summed E-state index contributed by atoms with van der Waals surface area (Å²) in [6, 6.07) is 11.7. The maximum Gasteiger partial charge on any atom is 0 e. The molecule has 1 aromatic rings. The number of hydrogen-bond acceptors (Lipinski definition) is 0. The average Bonchev–Trinajstić information content (AvgIpc) is 2.13. The Hall–Kier alpha value is -0.0917. The molecule has 2 rings (SSSR count). The van der Waals surface area contributed by atoms with Crippen molar-refractivity contribution in [3.63, 3.8) is 0 Å². The van der Waals surface area contributed by atoms with Gasteiger partial charge in [-0.05, 0) is 24.7 Å². The van der Waals surface area contributed by atoms with Crippen molar-refractivity contribution >= 4 is 0 Å². The second-order valence-corrected chi connectivity index (χ2v) is 4.17. The monoisotopic (exact) mass is 357 g/mol. The van der Waals surface area contributed by atoms with Crippen molar-refractivity contribution in [3.8, 4) is 0 Å². The normalized spacial score (nSPS) is 18.1. The second kappa shape index (κ2) is 5.12. The van der Waals surface area contributed by atoms with E-state index in [1.165, 1.54) is 32.1 Å². The van der Waals surface area contributed by atoms with Gasteiger partial charge < -0.3 is 0 Å². The Balaban J connectivity index is 0.000000980. The predicted molar refractivity (Wildman–Crippen MR) is 55.7 cm³/mol. The van der Waals surface area contributed by atoms with Crippen LogP contribution in [0.15, 0.2) is 24.3 Å². The Kier molecular flexibility index (Phi) is 4.38. The molecule has 1 fully saturated rings. The van der Waals surface area contributed by atoms with Crippen LogP contribution in [0.2, 0.25) is 0 Å². The Morgan fingerprint density at radius 2 is 1.93 bits per heavy atom. The minimum Gasteiger partial charge on any atom is -0.184 e. The first kappa shape index (κ1) is 12.0. The van der Waals surface area contributed by atoms with Crippen molar-refractivity contribution in [2.75, 3.05) is 0 Å². The summed E-state index contributed by atoms with van der Waals surface area (Å²) in [4.78, 5) is 0. The van der Waals surface area contributed by atoms with Crippen LogP contribution in [0.25, 0.3) is 0 Å². The first-order chi connectivity index (χ1) is 6.37. The molecular weight excluding hydrogens is 340 g/mol. The zero-order valence-corrected chi connectivity index (χ0v) is 11.7. The van der Waals surface area contributed by atoms with E-state index in [9.17, 15) is 0 Å². The van der Waals surface area contributed by atoms with Crippen LogP contribution in [0, 0.1) is 6.07 Å². The van der Waals surface area contributed by atoms with Gasteiger partial charge in [-0.25, -0.2) is 0 Å². The summed E-state index contributed by atoms with van der Waals surface area (Å²) < 4.78 is 0. The molecule has 0 radical (unpaired) electrons. The van der Waals surface area contributed by atoms with Crippen molar-refractivity contribution in [2.45, 2.75) is 44.4 Å². The molecule has 1 heteroatoms. The van der Waals surface area contributed by atoms with E-state index in [0.717, 1.165) is 0 Å².